The van der Waals surface area contributed by atoms with Crippen LogP contribution >= 0.6 is 11.6 Å². The average molecular weight is 217 g/mol. The molecule has 0 aromatic heterocycles. The van der Waals surface area contributed by atoms with Crippen LogP contribution in [-0.4, -0.2) is 5.91 Å². The molecule has 0 unspecified atom stereocenters. The van der Waals surface area contributed by atoms with E-state index >= 15 is 0 Å². The van der Waals surface area contributed by atoms with Crippen molar-refractivity contribution in [2.75, 3.05) is 5.32 Å². The van der Waals surface area contributed by atoms with Crippen LogP contribution in [0.5, 0.6) is 0 Å². The standard InChI is InChI=1S/C8H6ClFN2O2/c1-4(13)11-8-3-7(12-14)5(9)2-6(8)10/h2-3H,1H3,(H,11,13). The molecule has 1 aromatic carbocycles. The summed E-state index contributed by atoms with van der Waals surface area (Å²) in [5.41, 5.74) is -0.228. The lowest BCUT2D eigenvalue weighted by Gasteiger charge is -2.04. The Morgan fingerprint density at radius 3 is 2.71 bits per heavy atom. The van der Waals surface area contributed by atoms with Crippen molar-refractivity contribution >= 4 is 28.9 Å². The lowest BCUT2D eigenvalue weighted by atomic mass is 10.2. The van der Waals surface area contributed by atoms with Crippen LogP contribution < -0.4 is 5.32 Å². The van der Waals surface area contributed by atoms with E-state index in [1.165, 1.54) is 6.92 Å². The highest BCUT2D eigenvalue weighted by atomic mass is 35.5. The van der Waals surface area contributed by atoms with E-state index in [9.17, 15) is 14.1 Å². The zero-order chi connectivity index (χ0) is 10.7. The van der Waals surface area contributed by atoms with Gasteiger partial charge in [-0.05, 0) is 17.3 Å². The van der Waals surface area contributed by atoms with Crippen molar-refractivity contribution in [1.82, 2.24) is 0 Å². The number of nitroso groups, excluding NO2 is 1. The Morgan fingerprint density at radius 1 is 1.57 bits per heavy atom. The van der Waals surface area contributed by atoms with Crippen LogP contribution in [0.25, 0.3) is 0 Å². The number of nitrogens with one attached hydrogen (secondary N) is 1. The number of carbonyl (C=O) groups excluding carboxylic acids is 1. The maximum Gasteiger partial charge on any atom is 0.221 e. The Morgan fingerprint density at radius 2 is 2.21 bits per heavy atom. The third kappa shape index (κ3) is 2.26. The predicted molar refractivity (Wildman–Crippen MR) is 51.2 cm³/mol. The molecule has 0 aliphatic carbocycles. The van der Waals surface area contributed by atoms with Gasteiger partial charge in [0.15, 0.2) is 0 Å². The molecule has 0 radical (unpaired) electrons. The van der Waals surface area contributed by atoms with Gasteiger partial charge in [0.2, 0.25) is 5.91 Å². The highest BCUT2D eigenvalue weighted by Crippen LogP contribution is 2.30. The second-order valence-corrected chi connectivity index (χ2v) is 2.96. The van der Waals surface area contributed by atoms with Gasteiger partial charge in [-0.15, -0.1) is 4.91 Å². The van der Waals surface area contributed by atoms with Crippen LogP contribution in [0.4, 0.5) is 15.8 Å². The number of hydrogen-bond acceptors (Lipinski definition) is 3. The maximum atomic E-state index is 13.1. The minimum atomic E-state index is -0.711. The maximum absolute atomic E-state index is 13.1. The first-order valence-corrected chi connectivity index (χ1v) is 4.02. The first kappa shape index (κ1) is 10.6. The van der Waals surface area contributed by atoms with Crippen molar-refractivity contribution in [3.63, 3.8) is 0 Å². The van der Waals surface area contributed by atoms with Crippen LogP contribution in [0.15, 0.2) is 17.3 Å². The second kappa shape index (κ2) is 4.15. The molecule has 1 rings (SSSR count). The minimum Gasteiger partial charge on any atom is -0.324 e. The molecule has 74 valence electrons. The quantitative estimate of drug-likeness (QED) is 0.773. The Kier molecular flexibility index (Phi) is 3.14. The number of anilines is 1. The summed E-state index contributed by atoms with van der Waals surface area (Å²) < 4.78 is 13.1. The van der Waals surface area contributed by atoms with E-state index in [1.54, 1.807) is 0 Å². The van der Waals surface area contributed by atoms with Gasteiger partial charge in [-0.1, -0.05) is 11.6 Å². The van der Waals surface area contributed by atoms with E-state index in [-0.39, 0.29) is 16.4 Å². The summed E-state index contributed by atoms with van der Waals surface area (Å²) in [5, 5.41) is 4.69. The van der Waals surface area contributed by atoms with E-state index in [0.717, 1.165) is 12.1 Å². The van der Waals surface area contributed by atoms with E-state index in [2.05, 4.69) is 10.5 Å². The lowest BCUT2D eigenvalue weighted by Crippen LogP contribution is -2.07. The van der Waals surface area contributed by atoms with Gasteiger partial charge >= 0.3 is 0 Å². The van der Waals surface area contributed by atoms with Gasteiger partial charge in [-0.3, -0.25) is 4.79 Å². The smallest absolute Gasteiger partial charge is 0.221 e. The van der Waals surface area contributed by atoms with Crippen LogP contribution in [0, 0.1) is 10.7 Å². The Balaban J connectivity index is 3.16. The number of amides is 1. The molecule has 0 aliphatic heterocycles. The molecule has 1 amide bonds. The number of hydrogen-bond donors (Lipinski definition) is 1. The molecule has 0 fully saturated rings. The van der Waals surface area contributed by atoms with Gasteiger partial charge in [-0.2, -0.15) is 0 Å². The zero-order valence-electron chi connectivity index (χ0n) is 7.17. The topological polar surface area (TPSA) is 58.5 Å². The summed E-state index contributed by atoms with van der Waals surface area (Å²) in [5.74, 6) is -1.15. The monoisotopic (exact) mass is 216 g/mol. The fraction of sp³-hybridized carbons (Fsp3) is 0.125. The van der Waals surface area contributed by atoms with Crippen molar-refractivity contribution in [2.24, 2.45) is 5.18 Å². The first-order valence-electron chi connectivity index (χ1n) is 3.64. The zero-order valence-corrected chi connectivity index (χ0v) is 7.93. The highest BCUT2D eigenvalue weighted by molar-refractivity contribution is 6.33. The molecule has 0 saturated carbocycles. The van der Waals surface area contributed by atoms with Gasteiger partial charge in [0.1, 0.15) is 11.5 Å². The summed E-state index contributed by atoms with van der Waals surface area (Å²) >= 11 is 5.49. The summed E-state index contributed by atoms with van der Waals surface area (Å²) in [6.07, 6.45) is 0. The molecule has 0 saturated heterocycles. The number of benzene rings is 1. The van der Waals surface area contributed by atoms with Gasteiger partial charge in [-0.25, -0.2) is 4.39 Å². The van der Waals surface area contributed by atoms with E-state index in [1.807, 2.05) is 0 Å². The molecular weight excluding hydrogens is 211 g/mol. The molecule has 0 aliphatic rings. The van der Waals surface area contributed by atoms with Crippen molar-refractivity contribution in [3.05, 3.63) is 27.9 Å². The molecule has 0 heterocycles. The molecule has 4 nitrogen and oxygen atoms in total. The Bertz CT molecular complexity index is 395. The van der Waals surface area contributed by atoms with E-state index in [4.69, 9.17) is 11.6 Å². The second-order valence-electron chi connectivity index (χ2n) is 2.56. The van der Waals surface area contributed by atoms with E-state index < -0.39 is 11.7 Å². The van der Waals surface area contributed by atoms with Crippen molar-refractivity contribution in [1.29, 1.82) is 0 Å². The average Bonchev–Trinajstić information content (AvgIpc) is 2.09. The van der Waals surface area contributed by atoms with Crippen LogP contribution in [0.3, 0.4) is 0 Å². The lowest BCUT2D eigenvalue weighted by molar-refractivity contribution is -0.114. The van der Waals surface area contributed by atoms with Crippen molar-refractivity contribution in [2.45, 2.75) is 6.92 Å². The predicted octanol–water partition coefficient (Wildman–Crippen LogP) is 2.84. The number of carbonyl (C=O) groups is 1. The third-order valence-corrected chi connectivity index (χ3v) is 1.75. The van der Waals surface area contributed by atoms with Gasteiger partial charge in [0.05, 0.1) is 10.7 Å². The molecule has 6 heteroatoms. The van der Waals surface area contributed by atoms with Gasteiger partial charge < -0.3 is 5.32 Å². The van der Waals surface area contributed by atoms with Crippen LogP contribution in [0.2, 0.25) is 5.02 Å². The van der Waals surface area contributed by atoms with Gasteiger partial charge in [0, 0.05) is 6.92 Å². The molecule has 1 aromatic rings. The minimum absolute atomic E-state index is 0.0911. The molecular formula is C8H6ClFN2O2. The molecule has 0 bridgehead atoms. The number of nitrogens with zero attached hydrogens (tertiary/aromatic N) is 1. The molecule has 14 heavy (non-hydrogen) atoms. The largest absolute Gasteiger partial charge is 0.324 e. The third-order valence-electron chi connectivity index (χ3n) is 1.45. The molecule has 0 spiro atoms. The summed E-state index contributed by atoms with van der Waals surface area (Å²) in [6.45, 7) is 1.22. The summed E-state index contributed by atoms with van der Waals surface area (Å²) in [4.78, 5) is 20.8. The van der Waals surface area contributed by atoms with Crippen LogP contribution in [0.1, 0.15) is 6.92 Å². The highest BCUT2D eigenvalue weighted by Gasteiger charge is 2.09. The Labute approximate surface area is 84.0 Å². The molecule has 1 N–H and O–H groups in total. The summed E-state index contributed by atoms with van der Waals surface area (Å²) in [7, 11) is 0. The normalized spacial score (nSPS) is 9.64. The number of rotatable bonds is 2. The summed E-state index contributed by atoms with van der Waals surface area (Å²) in [6, 6.07) is 2.00. The van der Waals surface area contributed by atoms with E-state index in [0.29, 0.717) is 0 Å². The van der Waals surface area contributed by atoms with Crippen molar-refractivity contribution in [3.8, 4) is 0 Å². The number of halogens is 2. The fourth-order valence-electron chi connectivity index (χ4n) is 0.893. The van der Waals surface area contributed by atoms with Crippen molar-refractivity contribution < 1.29 is 9.18 Å². The fourth-order valence-corrected chi connectivity index (χ4v) is 1.08. The van der Waals surface area contributed by atoms with Gasteiger partial charge in [0.25, 0.3) is 0 Å². The first-order chi connectivity index (χ1) is 6.54. The molecule has 0 atom stereocenters. The Hall–Kier alpha value is -1.49. The van der Waals surface area contributed by atoms with Crippen LogP contribution in [-0.2, 0) is 4.79 Å². The SMILES string of the molecule is CC(=O)Nc1cc(N=O)c(Cl)cc1F.